The van der Waals surface area contributed by atoms with E-state index in [1.54, 1.807) is 37.3 Å². The summed E-state index contributed by atoms with van der Waals surface area (Å²) in [7, 11) is 0. The minimum Gasteiger partial charge on any atom is -0.319 e. The summed E-state index contributed by atoms with van der Waals surface area (Å²) in [5.74, 6) is -0.690. The van der Waals surface area contributed by atoms with Gasteiger partial charge in [-0.3, -0.25) is 9.59 Å². The summed E-state index contributed by atoms with van der Waals surface area (Å²) in [6, 6.07) is 16.2. The number of benzene rings is 2. The van der Waals surface area contributed by atoms with Crippen LogP contribution in [0.3, 0.4) is 0 Å². The van der Waals surface area contributed by atoms with Crippen LogP contribution in [0.15, 0.2) is 59.4 Å². The number of hydrogen-bond acceptors (Lipinski definition) is 3. The third-order valence-corrected chi connectivity index (χ3v) is 3.49. The van der Waals surface area contributed by atoms with E-state index in [0.717, 1.165) is 0 Å². The van der Waals surface area contributed by atoms with E-state index in [-0.39, 0.29) is 17.0 Å². The first-order valence-corrected chi connectivity index (χ1v) is 6.75. The van der Waals surface area contributed by atoms with Gasteiger partial charge < -0.3 is 4.98 Å². The van der Waals surface area contributed by atoms with Crippen LogP contribution >= 0.6 is 0 Å². The molecule has 3 aromatic rings. The molecule has 1 atom stereocenters. The van der Waals surface area contributed by atoms with Crippen LogP contribution in [0.2, 0.25) is 0 Å². The Balaban J connectivity index is 2.05. The Bertz CT molecular complexity index is 853. The fraction of sp³-hybridized carbons (Fsp3) is 0.118. The first-order chi connectivity index (χ1) is 10.2. The summed E-state index contributed by atoms with van der Waals surface area (Å²) >= 11 is 0. The molecule has 0 aliphatic heterocycles. The normalized spacial score (nSPS) is 12.2. The number of aromatic amines is 1. The SMILES string of the molecule is CC(C(=O)c1ccccc1)c1nc2ccccc2[nH]c1=O. The Kier molecular flexibility index (Phi) is 3.36. The molecule has 0 bridgehead atoms. The summed E-state index contributed by atoms with van der Waals surface area (Å²) in [6.07, 6.45) is 0. The van der Waals surface area contributed by atoms with Gasteiger partial charge in [0.15, 0.2) is 5.78 Å². The summed E-state index contributed by atoms with van der Waals surface area (Å²) < 4.78 is 0. The maximum atomic E-state index is 12.4. The van der Waals surface area contributed by atoms with Gasteiger partial charge in [0.05, 0.1) is 17.0 Å². The molecule has 1 heterocycles. The second-order valence-corrected chi connectivity index (χ2v) is 4.92. The zero-order chi connectivity index (χ0) is 14.8. The van der Waals surface area contributed by atoms with Gasteiger partial charge in [-0.2, -0.15) is 0 Å². The number of aromatic nitrogens is 2. The predicted molar refractivity (Wildman–Crippen MR) is 81.6 cm³/mol. The molecule has 104 valence electrons. The van der Waals surface area contributed by atoms with Crippen molar-refractivity contribution in [1.29, 1.82) is 0 Å². The standard InChI is InChI=1S/C17H14N2O2/c1-11(16(20)12-7-3-2-4-8-12)15-17(21)19-14-10-6-5-9-13(14)18-15/h2-11H,1H3,(H,19,21). The Hall–Kier alpha value is -2.75. The molecular formula is C17H14N2O2. The van der Waals surface area contributed by atoms with Gasteiger partial charge in [0.2, 0.25) is 0 Å². The zero-order valence-corrected chi connectivity index (χ0v) is 11.5. The van der Waals surface area contributed by atoms with Crippen LogP contribution in [-0.4, -0.2) is 15.8 Å². The van der Waals surface area contributed by atoms with Gasteiger partial charge in [-0.05, 0) is 19.1 Å². The lowest BCUT2D eigenvalue weighted by Crippen LogP contribution is -2.22. The molecule has 1 N–H and O–H groups in total. The average Bonchev–Trinajstić information content (AvgIpc) is 2.53. The Labute approximate surface area is 121 Å². The molecule has 21 heavy (non-hydrogen) atoms. The van der Waals surface area contributed by atoms with E-state index in [0.29, 0.717) is 16.6 Å². The first kappa shape index (κ1) is 13.2. The number of para-hydroxylation sites is 2. The van der Waals surface area contributed by atoms with Gasteiger partial charge in [0.25, 0.3) is 5.56 Å². The number of fused-ring (bicyclic) bond motifs is 1. The van der Waals surface area contributed by atoms with Crippen LogP contribution in [0.5, 0.6) is 0 Å². The summed E-state index contributed by atoms with van der Waals surface area (Å²) in [5, 5.41) is 0. The second-order valence-electron chi connectivity index (χ2n) is 4.92. The molecule has 0 amide bonds. The molecule has 4 heteroatoms. The van der Waals surface area contributed by atoms with E-state index in [1.165, 1.54) is 0 Å². The number of rotatable bonds is 3. The van der Waals surface area contributed by atoms with Gasteiger partial charge in [-0.15, -0.1) is 0 Å². The van der Waals surface area contributed by atoms with Crippen LogP contribution in [0.1, 0.15) is 28.9 Å². The summed E-state index contributed by atoms with van der Waals surface area (Å²) in [6.45, 7) is 1.71. The lowest BCUT2D eigenvalue weighted by atomic mass is 9.96. The van der Waals surface area contributed by atoms with E-state index >= 15 is 0 Å². The molecular weight excluding hydrogens is 264 g/mol. The van der Waals surface area contributed by atoms with Crippen LogP contribution in [0.25, 0.3) is 11.0 Å². The van der Waals surface area contributed by atoms with Crippen molar-refractivity contribution < 1.29 is 4.79 Å². The molecule has 0 aliphatic rings. The van der Waals surface area contributed by atoms with E-state index in [9.17, 15) is 9.59 Å². The molecule has 1 unspecified atom stereocenters. The number of H-pyrrole nitrogens is 1. The van der Waals surface area contributed by atoms with E-state index < -0.39 is 5.92 Å². The zero-order valence-electron chi connectivity index (χ0n) is 11.5. The Morgan fingerprint density at radius 1 is 1.05 bits per heavy atom. The Morgan fingerprint density at radius 3 is 2.48 bits per heavy atom. The van der Waals surface area contributed by atoms with Crippen LogP contribution < -0.4 is 5.56 Å². The Morgan fingerprint density at radius 2 is 1.71 bits per heavy atom. The van der Waals surface area contributed by atoms with Gasteiger partial charge in [0.1, 0.15) is 5.69 Å². The second kappa shape index (κ2) is 5.32. The molecule has 3 rings (SSSR count). The molecule has 2 aromatic carbocycles. The van der Waals surface area contributed by atoms with Crippen LogP contribution in [0.4, 0.5) is 0 Å². The van der Waals surface area contributed by atoms with Crippen molar-refractivity contribution in [3.63, 3.8) is 0 Å². The predicted octanol–water partition coefficient (Wildman–Crippen LogP) is 2.91. The summed E-state index contributed by atoms with van der Waals surface area (Å²) in [5.41, 5.74) is 1.87. The highest BCUT2D eigenvalue weighted by Crippen LogP contribution is 2.17. The van der Waals surface area contributed by atoms with Crippen molar-refractivity contribution in [3.05, 3.63) is 76.2 Å². The van der Waals surface area contributed by atoms with E-state index in [4.69, 9.17) is 0 Å². The minimum atomic E-state index is -0.583. The van der Waals surface area contributed by atoms with Crippen molar-refractivity contribution in [2.24, 2.45) is 0 Å². The van der Waals surface area contributed by atoms with Crippen molar-refractivity contribution >= 4 is 16.8 Å². The van der Waals surface area contributed by atoms with Crippen LogP contribution in [0, 0.1) is 0 Å². The molecule has 1 aromatic heterocycles. The highest BCUT2D eigenvalue weighted by Gasteiger charge is 2.21. The van der Waals surface area contributed by atoms with Crippen molar-refractivity contribution in [1.82, 2.24) is 9.97 Å². The fourth-order valence-corrected chi connectivity index (χ4v) is 2.31. The van der Waals surface area contributed by atoms with E-state index in [2.05, 4.69) is 9.97 Å². The van der Waals surface area contributed by atoms with Crippen molar-refractivity contribution in [2.75, 3.05) is 0 Å². The smallest absolute Gasteiger partial charge is 0.270 e. The molecule has 0 saturated heterocycles. The molecule has 4 nitrogen and oxygen atoms in total. The average molecular weight is 278 g/mol. The monoisotopic (exact) mass is 278 g/mol. The fourth-order valence-electron chi connectivity index (χ4n) is 2.31. The maximum Gasteiger partial charge on any atom is 0.270 e. The highest BCUT2D eigenvalue weighted by atomic mass is 16.1. The lowest BCUT2D eigenvalue weighted by Gasteiger charge is -2.10. The number of nitrogens with one attached hydrogen (secondary N) is 1. The maximum absolute atomic E-state index is 12.4. The van der Waals surface area contributed by atoms with Gasteiger partial charge in [0, 0.05) is 5.56 Å². The highest BCUT2D eigenvalue weighted by molar-refractivity contribution is 6.00. The number of hydrogen-bond donors (Lipinski definition) is 1. The largest absolute Gasteiger partial charge is 0.319 e. The summed E-state index contributed by atoms with van der Waals surface area (Å²) in [4.78, 5) is 31.7. The van der Waals surface area contributed by atoms with Crippen molar-refractivity contribution in [2.45, 2.75) is 12.8 Å². The molecule has 0 spiro atoms. The number of carbonyl (C=O) groups excluding carboxylic acids is 1. The topological polar surface area (TPSA) is 62.8 Å². The van der Waals surface area contributed by atoms with Crippen LogP contribution in [-0.2, 0) is 0 Å². The molecule has 0 aliphatic carbocycles. The van der Waals surface area contributed by atoms with E-state index in [1.807, 2.05) is 24.3 Å². The molecule has 0 saturated carbocycles. The number of carbonyl (C=O) groups is 1. The quantitative estimate of drug-likeness (QED) is 0.749. The van der Waals surface area contributed by atoms with Gasteiger partial charge >= 0.3 is 0 Å². The molecule has 0 radical (unpaired) electrons. The van der Waals surface area contributed by atoms with Gasteiger partial charge in [-0.25, -0.2) is 4.98 Å². The number of ketones is 1. The minimum absolute atomic E-state index is 0.108. The third kappa shape index (κ3) is 2.48. The van der Waals surface area contributed by atoms with Gasteiger partial charge in [-0.1, -0.05) is 42.5 Å². The number of Topliss-reactive ketones (excluding diaryl/α,β-unsaturated/α-hetero) is 1. The first-order valence-electron chi connectivity index (χ1n) is 6.75. The third-order valence-electron chi connectivity index (χ3n) is 3.49. The lowest BCUT2D eigenvalue weighted by molar-refractivity contribution is 0.0964. The molecule has 0 fully saturated rings. The number of nitrogens with zero attached hydrogens (tertiary/aromatic N) is 1. The van der Waals surface area contributed by atoms with Crippen molar-refractivity contribution in [3.8, 4) is 0 Å².